The second kappa shape index (κ2) is 8.99. The first-order valence-electron chi connectivity index (χ1n) is 8.33. The van der Waals surface area contributed by atoms with Crippen LogP contribution in [0.3, 0.4) is 0 Å². The molecule has 0 heterocycles. The number of hydrogen-bond donors (Lipinski definition) is 2. The van der Waals surface area contributed by atoms with E-state index in [2.05, 4.69) is 5.32 Å². The molecule has 0 radical (unpaired) electrons. The number of nitrogens with zero attached hydrogens (tertiary/aromatic N) is 1. The van der Waals surface area contributed by atoms with Crippen LogP contribution in [0.15, 0.2) is 84.9 Å². The van der Waals surface area contributed by atoms with Crippen molar-refractivity contribution in [1.82, 2.24) is 0 Å². The maximum Gasteiger partial charge on any atom is 0.178 e. The Kier molecular flexibility index (Phi) is 6.19. The van der Waals surface area contributed by atoms with Gasteiger partial charge in [-0.2, -0.15) is 0 Å². The minimum atomic E-state index is 0.0145. The van der Waals surface area contributed by atoms with Gasteiger partial charge in [0.15, 0.2) is 5.11 Å². The third-order valence-electron chi connectivity index (χ3n) is 3.72. The predicted molar refractivity (Wildman–Crippen MR) is 110 cm³/mol. The fraction of sp³-hybridized carbons (Fsp3) is 0.0952. The van der Waals surface area contributed by atoms with E-state index in [1.807, 2.05) is 89.8 Å². The summed E-state index contributed by atoms with van der Waals surface area (Å²) in [5, 5.41) is 13.1. The Hall–Kier alpha value is -2.89. The number of aliphatic hydroxyl groups is 1. The normalized spacial score (nSPS) is 10.2. The van der Waals surface area contributed by atoms with Crippen LogP contribution in [0.2, 0.25) is 0 Å². The summed E-state index contributed by atoms with van der Waals surface area (Å²) in [5.74, 6) is 1.55. The third-order valence-corrected chi connectivity index (χ3v) is 4.04. The average molecular weight is 364 g/mol. The summed E-state index contributed by atoms with van der Waals surface area (Å²) in [4.78, 5) is 1.86. The number of hydrogen-bond acceptors (Lipinski definition) is 3. The summed E-state index contributed by atoms with van der Waals surface area (Å²) in [6.45, 7) is 0.436. The molecule has 0 fully saturated rings. The van der Waals surface area contributed by atoms with Crippen LogP contribution in [0.5, 0.6) is 11.5 Å². The highest BCUT2D eigenvalue weighted by atomic mass is 32.1. The molecule has 3 aromatic carbocycles. The van der Waals surface area contributed by atoms with Crippen LogP contribution in [0.4, 0.5) is 11.4 Å². The zero-order valence-electron chi connectivity index (χ0n) is 14.2. The molecule has 0 spiro atoms. The van der Waals surface area contributed by atoms with Gasteiger partial charge in [-0.3, -0.25) is 0 Å². The highest BCUT2D eigenvalue weighted by Gasteiger charge is 2.11. The maximum atomic E-state index is 9.34. The van der Waals surface area contributed by atoms with E-state index >= 15 is 0 Å². The SMILES string of the molecule is OCCN(C(=S)Nc1ccc(Oc2ccccc2)cc1)c1ccccc1. The quantitative estimate of drug-likeness (QED) is 0.622. The van der Waals surface area contributed by atoms with Gasteiger partial charge in [-0.25, -0.2) is 0 Å². The number of para-hydroxylation sites is 2. The molecule has 0 saturated heterocycles. The van der Waals surface area contributed by atoms with Gasteiger partial charge >= 0.3 is 0 Å². The Balaban J connectivity index is 1.66. The lowest BCUT2D eigenvalue weighted by Gasteiger charge is -2.25. The molecule has 0 unspecified atom stereocenters. The van der Waals surface area contributed by atoms with Gasteiger partial charge in [-0.15, -0.1) is 0 Å². The Morgan fingerprint density at radius 3 is 2.04 bits per heavy atom. The molecule has 3 aromatic rings. The van der Waals surface area contributed by atoms with Crippen LogP contribution >= 0.6 is 12.2 Å². The highest BCUT2D eigenvalue weighted by molar-refractivity contribution is 7.80. The molecular weight excluding hydrogens is 344 g/mol. The minimum Gasteiger partial charge on any atom is -0.457 e. The van der Waals surface area contributed by atoms with E-state index in [1.165, 1.54) is 0 Å². The summed E-state index contributed by atoms with van der Waals surface area (Å²) in [6, 6.07) is 27.0. The molecule has 4 nitrogen and oxygen atoms in total. The van der Waals surface area contributed by atoms with Crippen molar-refractivity contribution in [3.05, 3.63) is 84.9 Å². The first-order valence-corrected chi connectivity index (χ1v) is 8.74. The molecular formula is C21H20N2O2S. The van der Waals surface area contributed by atoms with Gasteiger partial charge in [-0.1, -0.05) is 36.4 Å². The predicted octanol–water partition coefficient (Wildman–Crippen LogP) is 4.67. The van der Waals surface area contributed by atoms with Gasteiger partial charge < -0.3 is 20.1 Å². The fourth-order valence-corrected chi connectivity index (χ4v) is 2.79. The summed E-state index contributed by atoms with van der Waals surface area (Å²) in [5.41, 5.74) is 1.79. The van der Waals surface area contributed by atoms with Crippen LogP contribution in [0.1, 0.15) is 0 Å². The lowest BCUT2D eigenvalue weighted by Crippen LogP contribution is -2.36. The van der Waals surface area contributed by atoms with E-state index in [0.717, 1.165) is 22.9 Å². The number of ether oxygens (including phenoxy) is 1. The minimum absolute atomic E-state index is 0.0145. The smallest absolute Gasteiger partial charge is 0.178 e. The van der Waals surface area contributed by atoms with Crippen molar-refractivity contribution in [2.45, 2.75) is 0 Å². The first-order chi connectivity index (χ1) is 12.8. The standard InChI is InChI=1S/C21H20N2O2S/c24-16-15-23(18-7-3-1-4-8-18)21(26)22-17-11-13-20(14-12-17)25-19-9-5-2-6-10-19/h1-14,24H,15-16H2,(H,22,26). The maximum absolute atomic E-state index is 9.34. The van der Waals surface area contributed by atoms with Crippen molar-refractivity contribution in [2.24, 2.45) is 0 Å². The summed E-state index contributed by atoms with van der Waals surface area (Å²) >= 11 is 5.52. The largest absolute Gasteiger partial charge is 0.457 e. The first kappa shape index (κ1) is 17.9. The Labute approximate surface area is 158 Å². The molecule has 0 bridgehead atoms. The highest BCUT2D eigenvalue weighted by Crippen LogP contribution is 2.23. The van der Waals surface area contributed by atoms with E-state index in [4.69, 9.17) is 17.0 Å². The molecule has 0 aromatic heterocycles. The van der Waals surface area contributed by atoms with Gasteiger partial charge in [-0.05, 0) is 60.7 Å². The number of anilines is 2. The molecule has 5 heteroatoms. The number of nitrogens with one attached hydrogen (secondary N) is 1. The van der Waals surface area contributed by atoms with Crippen LogP contribution in [0.25, 0.3) is 0 Å². The van der Waals surface area contributed by atoms with Gasteiger partial charge in [0.1, 0.15) is 11.5 Å². The van der Waals surface area contributed by atoms with Crippen LogP contribution in [-0.2, 0) is 0 Å². The van der Waals surface area contributed by atoms with E-state index in [9.17, 15) is 5.11 Å². The molecule has 3 rings (SSSR count). The number of thiocarbonyl (C=S) groups is 1. The van der Waals surface area contributed by atoms with Crippen molar-refractivity contribution in [3.63, 3.8) is 0 Å². The average Bonchev–Trinajstić information content (AvgIpc) is 2.69. The Morgan fingerprint density at radius 1 is 0.846 bits per heavy atom. The summed E-state index contributed by atoms with van der Waals surface area (Å²) < 4.78 is 5.79. The van der Waals surface area contributed by atoms with Crippen molar-refractivity contribution >= 4 is 28.7 Å². The lowest BCUT2D eigenvalue weighted by molar-refractivity contribution is 0.306. The van der Waals surface area contributed by atoms with Crippen molar-refractivity contribution < 1.29 is 9.84 Å². The van der Waals surface area contributed by atoms with Gasteiger partial charge in [0.2, 0.25) is 0 Å². The molecule has 0 aliphatic heterocycles. The van der Waals surface area contributed by atoms with Crippen LogP contribution < -0.4 is 15.0 Å². The van der Waals surface area contributed by atoms with Crippen LogP contribution in [-0.4, -0.2) is 23.4 Å². The molecule has 0 saturated carbocycles. The van der Waals surface area contributed by atoms with Crippen molar-refractivity contribution in [3.8, 4) is 11.5 Å². The Morgan fingerprint density at radius 2 is 1.42 bits per heavy atom. The van der Waals surface area contributed by atoms with Crippen molar-refractivity contribution in [1.29, 1.82) is 0 Å². The topological polar surface area (TPSA) is 44.7 Å². The molecule has 132 valence electrons. The van der Waals surface area contributed by atoms with E-state index in [1.54, 1.807) is 0 Å². The summed E-state index contributed by atoms with van der Waals surface area (Å²) in [6.07, 6.45) is 0. The second-order valence-electron chi connectivity index (χ2n) is 5.58. The zero-order chi connectivity index (χ0) is 18.2. The molecule has 0 atom stereocenters. The van der Waals surface area contributed by atoms with Crippen molar-refractivity contribution in [2.75, 3.05) is 23.4 Å². The fourth-order valence-electron chi connectivity index (χ4n) is 2.48. The molecule has 0 amide bonds. The number of aliphatic hydroxyl groups excluding tert-OH is 1. The van der Waals surface area contributed by atoms with Gasteiger partial charge in [0.05, 0.1) is 6.61 Å². The zero-order valence-corrected chi connectivity index (χ0v) is 15.0. The van der Waals surface area contributed by atoms with Gasteiger partial charge in [0, 0.05) is 17.9 Å². The second-order valence-corrected chi connectivity index (χ2v) is 5.97. The molecule has 26 heavy (non-hydrogen) atoms. The van der Waals surface area contributed by atoms with E-state index in [-0.39, 0.29) is 6.61 Å². The molecule has 0 aliphatic carbocycles. The third kappa shape index (κ3) is 4.81. The molecule has 2 N–H and O–H groups in total. The number of rotatable bonds is 6. The van der Waals surface area contributed by atoms with E-state index in [0.29, 0.717) is 11.7 Å². The summed E-state index contributed by atoms with van der Waals surface area (Å²) in [7, 11) is 0. The van der Waals surface area contributed by atoms with Crippen LogP contribution in [0, 0.1) is 0 Å². The Bertz CT molecular complexity index is 824. The molecule has 0 aliphatic rings. The van der Waals surface area contributed by atoms with Gasteiger partial charge in [0.25, 0.3) is 0 Å². The lowest BCUT2D eigenvalue weighted by atomic mass is 10.3. The van der Waals surface area contributed by atoms with E-state index < -0.39 is 0 Å². The number of benzene rings is 3. The monoisotopic (exact) mass is 364 g/mol.